The monoisotopic (exact) mass is 324 g/mol. The lowest BCUT2D eigenvalue weighted by Crippen LogP contribution is -2.31. The first-order valence-electron chi connectivity index (χ1n) is 9.05. The molecule has 0 saturated heterocycles. The number of unbranched alkanes of at least 4 members (excludes halogenated alkanes) is 2. The SMILES string of the molecule is CCCC[n+]1ccn(-c2ccccc2-n2cc[n+](CCCC)c2)c1. The fourth-order valence-corrected chi connectivity index (χ4v) is 2.92. The molecule has 1 aromatic carbocycles. The Kier molecular flexibility index (Phi) is 5.47. The first kappa shape index (κ1) is 16.5. The Labute approximate surface area is 144 Å². The van der Waals surface area contributed by atoms with Gasteiger partial charge in [-0.05, 0) is 25.0 Å². The van der Waals surface area contributed by atoms with Crippen molar-refractivity contribution in [2.45, 2.75) is 52.6 Å². The number of nitrogens with zero attached hydrogens (tertiary/aromatic N) is 4. The van der Waals surface area contributed by atoms with Gasteiger partial charge in [0.2, 0.25) is 12.7 Å². The normalized spacial score (nSPS) is 11.1. The van der Waals surface area contributed by atoms with Gasteiger partial charge in [0.1, 0.15) is 24.8 Å². The van der Waals surface area contributed by atoms with Crippen molar-refractivity contribution < 1.29 is 9.13 Å². The van der Waals surface area contributed by atoms with E-state index in [2.05, 4.69) is 93.8 Å². The molecule has 4 heteroatoms. The maximum absolute atomic E-state index is 2.26. The lowest BCUT2D eigenvalue weighted by atomic mass is 10.2. The van der Waals surface area contributed by atoms with Gasteiger partial charge < -0.3 is 0 Å². The minimum absolute atomic E-state index is 1.08. The molecule has 0 spiro atoms. The molecule has 0 unspecified atom stereocenters. The van der Waals surface area contributed by atoms with E-state index >= 15 is 0 Å². The Bertz CT molecular complexity index is 704. The van der Waals surface area contributed by atoms with Crippen molar-refractivity contribution >= 4 is 0 Å². The quantitative estimate of drug-likeness (QED) is 0.565. The van der Waals surface area contributed by atoms with Gasteiger partial charge in [0.15, 0.2) is 11.4 Å². The zero-order valence-electron chi connectivity index (χ0n) is 14.8. The predicted octanol–water partition coefficient (Wildman–Crippen LogP) is 3.44. The number of hydrogen-bond acceptors (Lipinski definition) is 0. The Hall–Kier alpha value is -2.36. The summed E-state index contributed by atoms with van der Waals surface area (Å²) in [5.41, 5.74) is 2.40. The standard InChI is InChI=1S/C20H28N4/c1-3-5-11-21-13-15-23(17-21)19-9-7-8-10-20(19)24-16-14-22(18-24)12-6-4-2/h7-10,13-18H,3-6,11-12H2,1-2H3/q+2. The molecule has 0 fully saturated rings. The second-order valence-electron chi connectivity index (χ2n) is 6.31. The zero-order chi connectivity index (χ0) is 16.8. The van der Waals surface area contributed by atoms with E-state index in [0.717, 1.165) is 13.1 Å². The Morgan fingerprint density at radius 3 is 1.62 bits per heavy atom. The largest absolute Gasteiger partial charge is 0.249 e. The highest BCUT2D eigenvalue weighted by atomic mass is 15.2. The average Bonchev–Trinajstić information content (AvgIpc) is 3.27. The first-order chi connectivity index (χ1) is 11.8. The molecule has 4 nitrogen and oxygen atoms in total. The second kappa shape index (κ2) is 7.95. The van der Waals surface area contributed by atoms with Crippen LogP contribution in [0.15, 0.2) is 61.7 Å². The number of benzene rings is 1. The minimum Gasteiger partial charge on any atom is -0.236 e. The fourth-order valence-electron chi connectivity index (χ4n) is 2.92. The summed E-state index contributed by atoms with van der Waals surface area (Å²) in [6.45, 7) is 6.61. The molecule has 0 amide bonds. The lowest BCUT2D eigenvalue weighted by Gasteiger charge is -2.02. The maximum Gasteiger partial charge on any atom is 0.249 e. The smallest absolute Gasteiger partial charge is 0.236 e. The average molecular weight is 324 g/mol. The molecule has 126 valence electrons. The van der Waals surface area contributed by atoms with Crippen LogP contribution in [0.4, 0.5) is 0 Å². The van der Waals surface area contributed by atoms with E-state index < -0.39 is 0 Å². The lowest BCUT2D eigenvalue weighted by molar-refractivity contribution is -0.696. The minimum atomic E-state index is 1.08. The molecule has 0 bridgehead atoms. The fraction of sp³-hybridized carbons (Fsp3) is 0.400. The molecule has 0 atom stereocenters. The highest BCUT2D eigenvalue weighted by Gasteiger charge is 2.16. The summed E-state index contributed by atoms with van der Waals surface area (Å²) in [5.74, 6) is 0. The molecular weight excluding hydrogens is 296 g/mol. The highest BCUT2D eigenvalue weighted by molar-refractivity contribution is 5.51. The van der Waals surface area contributed by atoms with Crippen LogP contribution in [0.25, 0.3) is 11.4 Å². The Morgan fingerprint density at radius 2 is 1.21 bits per heavy atom. The Balaban J connectivity index is 1.87. The highest BCUT2D eigenvalue weighted by Crippen LogP contribution is 2.17. The van der Waals surface area contributed by atoms with Gasteiger partial charge in [0, 0.05) is 0 Å². The molecule has 2 aromatic heterocycles. The van der Waals surface area contributed by atoms with Crippen molar-refractivity contribution in [2.75, 3.05) is 0 Å². The van der Waals surface area contributed by atoms with Gasteiger partial charge in [-0.2, -0.15) is 9.13 Å². The van der Waals surface area contributed by atoms with Crippen LogP contribution < -0.4 is 9.13 Å². The number of rotatable bonds is 8. The molecule has 0 aliphatic rings. The topological polar surface area (TPSA) is 17.6 Å². The summed E-state index contributed by atoms with van der Waals surface area (Å²) in [5, 5.41) is 0. The maximum atomic E-state index is 2.26. The summed E-state index contributed by atoms with van der Waals surface area (Å²) in [7, 11) is 0. The van der Waals surface area contributed by atoms with Crippen LogP contribution in [0, 0.1) is 0 Å². The molecule has 0 aliphatic carbocycles. The van der Waals surface area contributed by atoms with Crippen LogP contribution in [0.2, 0.25) is 0 Å². The van der Waals surface area contributed by atoms with Crippen molar-refractivity contribution in [2.24, 2.45) is 0 Å². The third kappa shape index (κ3) is 3.75. The van der Waals surface area contributed by atoms with Gasteiger partial charge in [-0.1, -0.05) is 38.8 Å². The number of para-hydroxylation sites is 2. The molecule has 3 aromatic rings. The van der Waals surface area contributed by atoms with Crippen LogP contribution in [-0.4, -0.2) is 9.13 Å². The molecule has 0 aliphatic heterocycles. The van der Waals surface area contributed by atoms with E-state index in [1.54, 1.807) is 0 Å². The zero-order valence-corrected chi connectivity index (χ0v) is 14.8. The third-order valence-electron chi connectivity index (χ3n) is 4.36. The van der Waals surface area contributed by atoms with Gasteiger partial charge in [-0.25, -0.2) is 9.13 Å². The molecule has 0 N–H and O–H groups in total. The Morgan fingerprint density at radius 1 is 0.750 bits per heavy atom. The molecule has 24 heavy (non-hydrogen) atoms. The van der Waals surface area contributed by atoms with Crippen molar-refractivity contribution in [3.63, 3.8) is 0 Å². The first-order valence-corrected chi connectivity index (χ1v) is 9.05. The third-order valence-corrected chi connectivity index (χ3v) is 4.36. The summed E-state index contributed by atoms with van der Waals surface area (Å²) >= 11 is 0. The van der Waals surface area contributed by atoms with Crippen LogP contribution >= 0.6 is 0 Å². The van der Waals surface area contributed by atoms with E-state index in [0.29, 0.717) is 0 Å². The number of hydrogen-bond donors (Lipinski definition) is 0. The van der Waals surface area contributed by atoms with Crippen molar-refractivity contribution in [1.82, 2.24) is 9.13 Å². The van der Waals surface area contributed by atoms with Gasteiger partial charge in [-0.3, -0.25) is 0 Å². The van der Waals surface area contributed by atoms with Gasteiger partial charge in [0.05, 0.1) is 13.1 Å². The van der Waals surface area contributed by atoms with E-state index in [1.165, 1.54) is 37.1 Å². The predicted molar refractivity (Wildman–Crippen MR) is 95.3 cm³/mol. The van der Waals surface area contributed by atoms with Crippen LogP contribution in [0.1, 0.15) is 39.5 Å². The van der Waals surface area contributed by atoms with Gasteiger partial charge in [0.25, 0.3) is 0 Å². The molecule has 2 heterocycles. The molecule has 0 radical (unpaired) electrons. The van der Waals surface area contributed by atoms with E-state index in [1.807, 2.05) is 0 Å². The summed E-state index contributed by atoms with van der Waals surface area (Å²) < 4.78 is 8.94. The van der Waals surface area contributed by atoms with E-state index in [4.69, 9.17) is 0 Å². The number of aromatic nitrogens is 4. The summed E-state index contributed by atoms with van der Waals surface area (Å²) in [6.07, 6.45) is 17.8. The van der Waals surface area contributed by atoms with Gasteiger partial charge >= 0.3 is 0 Å². The van der Waals surface area contributed by atoms with Crippen LogP contribution in [-0.2, 0) is 13.1 Å². The molecule has 0 saturated carbocycles. The second-order valence-corrected chi connectivity index (χ2v) is 6.31. The van der Waals surface area contributed by atoms with E-state index in [9.17, 15) is 0 Å². The van der Waals surface area contributed by atoms with Gasteiger partial charge in [-0.15, -0.1) is 0 Å². The van der Waals surface area contributed by atoms with Crippen LogP contribution in [0.5, 0.6) is 0 Å². The van der Waals surface area contributed by atoms with Crippen LogP contribution in [0.3, 0.4) is 0 Å². The van der Waals surface area contributed by atoms with Crippen molar-refractivity contribution in [3.05, 3.63) is 61.7 Å². The molecule has 3 rings (SSSR count). The van der Waals surface area contributed by atoms with E-state index in [-0.39, 0.29) is 0 Å². The van der Waals surface area contributed by atoms with Crippen molar-refractivity contribution in [3.8, 4) is 11.4 Å². The number of imidazole rings is 2. The van der Waals surface area contributed by atoms with Crippen molar-refractivity contribution in [1.29, 1.82) is 0 Å². The summed E-state index contributed by atoms with van der Waals surface area (Å²) in [6, 6.07) is 8.56. The summed E-state index contributed by atoms with van der Waals surface area (Å²) in [4.78, 5) is 0. The number of aryl methyl sites for hydroxylation is 2. The molecular formula is C20H28N4+2.